The summed E-state index contributed by atoms with van der Waals surface area (Å²) in [6.45, 7) is 3.90. The zero-order valence-electron chi connectivity index (χ0n) is 10.8. The largest absolute Gasteiger partial charge is 0.340 e. The highest BCUT2D eigenvalue weighted by Crippen LogP contribution is 2.37. The van der Waals surface area contributed by atoms with Gasteiger partial charge in [-0.1, -0.05) is 0 Å². The van der Waals surface area contributed by atoms with Crippen molar-refractivity contribution >= 4 is 17.2 Å². The van der Waals surface area contributed by atoms with Crippen molar-refractivity contribution in [1.29, 1.82) is 0 Å². The molecular weight excluding hydrogens is 262 g/mol. The highest BCUT2D eigenvalue weighted by molar-refractivity contribution is 7.11. The average Bonchev–Trinajstić information content (AvgIpc) is 2.94. The summed E-state index contributed by atoms with van der Waals surface area (Å²) in [5.74, 6) is 1.24. The molecule has 2 N–H and O–H groups in total. The van der Waals surface area contributed by atoms with Gasteiger partial charge in [0.05, 0.1) is 6.04 Å². The standard InChI is InChI=1S/C12H15N5OS/c1-6-5-13-12(19-6)7(2)14-11(18)10-15-9(16-17-10)8-3-4-8/h5,7-8H,3-4H2,1-2H3,(H,14,18)(H,15,16,17). The number of H-pyrrole nitrogens is 1. The molecule has 7 heteroatoms. The van der Waals surface area contributed by atoms with Crippen molar-refractivity contribution in [2.45, 2.75) is 38.6 Å². The molecule has 0 bridgehead atoms. The van der Waals surface area contributed by atoms with Crippen LogP contribution in [0.5, 0.6) is 0 Å². The molecule has 2 heterocycles. The number of carbonyl (C=O) groups excluding carboxylic acids is 1. The Kier molecular flexibility index (Phi) is 3.06. The van der Waals surface area contributed by atoms with Crippen molar-refractivity contribution < 1.29 is 4.79 Å². The monoisotopic (exact) mass is 277 g/mol. The Morgan fingerprint density at radius 1 is 1.58 bits per heavy atom. The fraction of sp³-hybridized carbons (Fsp3) is 0.500. The van der Waals surface area contributed by atoms with Crippen LogP contribution in [0.2, 0.25) is 0 Å². The number of carbonyl (C=O) groups is 1. The van der Waals surface area contributed by atoms with Gasteiger partial charge in [0.2, 0.25) is 5.82 Å². The Hall–Kier alpha value is -1.76. The van der Waals surface area contributed by atoms with E-state index < -0.39 is 0 Å². The van der Waals surface area contributed by atoms with E-state index in [-0.39, 0.29) is 17.8 Å². The molecule has 0 radical (unpaired) electrons. The summed E-state index contributed by atoms with van der Waals surface area (Å²) < 4.78 is 0. The van der Waals surface area contributed by atoms with Crippen LogP contribution in [0, 0.1) is 6.92 Å². The van der Waals surface area contributed by atoms with Crippen LogP contribution in [0.4, 0.5) is 0 Å². The van der Waals surface area contributed by atoms with E-state index >= 15 is 0 Å². The van der Waals surface area contributed by atoms with E-state index in [9.17, 15) is 4.79 Å². The zero-order chi connectivity index (χ0) is 13.4. The van der Waals surface area contributed by atoms with Gasteiger partial charge in [-0.25, -0.2) is 9.97 Å². The maximum Gasteiger partial charge on any atom is 0.291 e. The molecule has 1 fully saturated rings. The van der Waals surface area contributed by atoms with Crippen LogP contribution >= 0.6 is 11.3 Å². The number of hydrogen-bond donors (Lipinski definition) is 2. The van der Waals surface area contributed by atoms with E-state index in [1.54, 1.807) is 17.5 Å². The molecule has 1 saturated carbocycles. The first-order valence-electron chi connectivity index (χ1n) is 6.29. The summed E-state index contributed by atoms with van der Waals surface area (Å²) >= 11 is 1.58. The maximum atomic E-state index is 12.0. The summed E-state index contributed by atoms with van der Waals surface area (Å²) in [7, 11) is 0. The van der Waals surface area contributed by atoms with Crippen LogP contribution in [-0.2, 0) is 0 Å². The van der Waals surface area contributed by atoms with E-state index in [0.717, 1.165) is 28.6 Å². The van der Waals surface area contributed by atoms with E-state index in [1.165, 1.54) is 0 Å². The first kappa shape index (κ1) is 12.3. The van der Waals surface area contributed by atoms with Crippen LogP contribution < -0.4 is 5.32 Å². The number of aromatic nitrogens is 4. The lowest BCUT2D eigenvalue weighted by Crippen LogP contribution is -2.27. The number of rotatable bonds is 4. The molecule has 3 rings (SSSR count). The third-order valence-electron chi connectivity index (χ3n) is 3.03. The lowest BCUT2D eigenvalue weighted by Gasteiger charge is -2.08. The lowest BCUT2D eigenvalue weighted by molar-refractivity contribution is 0.0929. The quantitative estimate of drug-likeness (QED) is 0.894. The maximum absolute atomic E-state index is 12.0. The molecule has 1 unspecified atom stereocenters. The Morgan fingerprint density at radius 2 is 2.37 bits per heavy atom. The molecule has 1 atom stereocenters. The highest BCUT2D eigenvalue weighted by atomic mass is 32.1. The van der Waals surface area contributed by atoms with Gasteiger partial charge in [-0.15, -0.1) is 16.4 Å². The van der Waals surface area contributed by atoms with Crippen molar-refractivity contribution in [3.05, 3.63) is 27.7 Å². The molecule has 2 aromatic rings. The summed E-state index contributed by atoms with van der Waals surface area (Å²) in [4.78, 5) is 21.6. The predicted molar refractivity (Wildman–Crippen MR) is 71.1 cm³/mol. The van der Waals surface area contributed by atoms with Crippen LogP contribution in [0.25, 0.3) is 0 Å². The average molecular weight is 277 g/mol. The molecular formula is C12H15N5OS. The van der Waals surface area contributed by atoms with Crippen molar-refractivity contribution in [3.63, 3.8) is 0 Å². The van der Waals surface area contributed by atoms with Crippen molar-refractivity contribution in [2.24, 2.45) is 0 Å². The van der Waals surface area contributed by atoms with Crippen LogP contribution in [0.1, 0.15) is 58.1 Å². The Labute approximate surface area is 114 Å². The van der Waals surface area contributed by atoms with Gasteiger partial charge in [0, 0.05) is 17.0 Å². The topological polar surface area (TPSA) is 83.6 Å². The molecule has 19 heavy (non-hydrogen) atoms. The number of aryl methyl sites for hydroxylation is 1. The van der Waals surface area contributed by atoms with Crippen LogP contribution in [0.15, 0.2) is 6.20 Å². The lowest BCUT2D eigenvalue weighted by atomic mass is 10.3. The predicted octanol–water partition coefficient (Wildman–Crippen LogP) is 1.94. The molecule has 0 aromatic carbocycles. The van der Waals surface area contributed by atoms with Crippen LogP contribution in [-0.4, -0.2) is 26.1 Å². The minimum absolute atomic E-state index is 0.130. The third-order valence-corrected chi connectivity index (χ3v) is 4.12. The number of nitrogens with zero attached hydrogens (tertiary/aromatic N) is 3. The molecule has 100 valence electrons. The summed E-state index contributed by atoms with van der Waals surface area (Å²) in [5, 5.41) is 10.5. The molecule has 1 amide bonds. The van der Waals surface area contributed by atoms with E-state index in [2.05, 4.69) is 25.5 Å². The molecule has 0 saturated heterocycles. The number of aromatic amines is 1. The molecule has 0 aliphatic heterocycles. The zero-order valence-corrected chi connectivity index (χ0v) is 11.6. The van der Waals surface area contributed by atoms with E-state index in [1.807, 2.05) is 13.8 Å². The minimum atomic E-state index is -0.261. The molecule has 1 aliphatic rings. The fourth-order valence-corrected chi connectivity index (χ4v) is 2.59. The van der Waals surface area contributed by atoms with E-state index in [0.29, 0.717) is 5.92 Å². The molecule has 2 aromatic heterocycles. The summed E-state index contributed by atoms with van der Waals surface area (Å²) in [6.07, 6.45) is 4.07. The first-order chi connectivity index (χ1) is 9.13. The van der Waals surface area contributed by atoms with Gasteiger partial charge in [0.15, 0.2) is 0 Å². The van der Waals surface area contributed by atoms with Gasteiger partial charge in [0.25, 0.3) is 5.91 Å². The third kappa shape index (κ3) is 2.65. The SMILES string of the molecule is Cc1cnc(C(C)NC(=O)c2n[nH]c(C3CC3)n2)s1. The fourth-order valence-electron chi connectivity index (χ4n) is 1.81. The summed E-state index contributed by atoms with van der Waals surface area (Å²) in [6, 6.07) is -0.130. The molecule has 6 nitrogen and oxygen atoms in total. The minimum Gasteiger partial charge on any atom is -0.340 e. The Morgan fingerprint density at radius 3 is 3.00 bits per heavy atom. The molecule has 1 aliphatic carbocycles. The van der Waals surface area contributed by atoms with Gasteiger partial charge in [-0.3, -0.25) is 9.89 Å². The Balaban J connectivity index is 1.66. The first-order valence-corrected chi connectivity index (χ1v) is 7.10. The van der Waals surface area contributed by atoms with Crippen molar-refractivity contribution in [2.75, 3.05) is 0 Å². The summed E-state index contributed by atoms with van der Waals surface area (Å²) in [5.41, 5.74) is 0. The van der Waals surface area contributed by atoms with Crippen molar-refractivity contribution in [3.8, 4) is 0 Å². The van der Waals surface area contributed by atoms with Crippen LogP contribution in [0.3, 0.4) is 0 Å². The van der Waals surface area contributed by atoms with Gasteiger partial charge < -0.3 is 5.32 Å². The van der Waals surface area contributed by atoms with Crippen molar-refractivity contribution in [1.82, 2.24) is 25.5 Å². The Bertz CT molecular complexity index is 601. The second-order valence-corrected chi connectivity index (χ2v) is 6.09. The number of hydrogen-bond acceptors (Lipinski definition) is 5. The molecule has 0 spiro atoms. The highest BCUT2D eigenvalue weighted by Gasteiger charge is 2.28. The van der Waals surface area contributed by atoms with Gasteiger partial charge in [-0.05, 0) is 26.7 Å². The number of thiazole rings is 1. The van der Waals surface area contributed by atoms with Gasteiger partial charge in [-0.2, -0.15) is 0 Å². The smallest absolute Gasteiger partial charge is 0.291 e. The van der Waals surface area contributed by atoms with E-state index in [4.69, 9.17) is 0 Å². The van der Waals surface area contributed by atoms with Gasteiger partial charge >= 0.3 is 0 Å². The normalized spacial score (nSPS) is 16.3. The number of amides is 1. The van der Waals surface area contributed by atoms with Gasteiger partial charge in [0.1, 0.15) is 10.8 Å². The second-order valence-electron chi connectivity index (χ2n) is 4.82. The number of nitrogens with one attached hydrogen (secondary N) is 2. The second kappa shape index (κ2) is 4.73.